The molecular weight excluding hydrogens is 236 g/mol. The topological polar surface area (TPSA) is 87.7 Å². The van der Waals surface area contributed by atoms with Crippen molar-refractivity contribution in [2.75, 3.05) is 26.2 Å². The number of carboxylic acid groups (broad SMARTS) is 1. The van der Waals surface area contributed by atoms with Crippen LogP contribution in [0.15, 0.2) is 0 Å². The Labute approximate surface area is 107 Å². The van der Waals surface area contributed by atoms with Gasteiger partial charge in [0.05, 0.1) is 6.10 Å². The molecule has 0 aromatic carbocycles. The molecule has 1 fully saturated rings. The molecule has 0 unspecified atom stereocenters. The fourth-order valence-electron chi connectivity index (χ4n) is 1.84. The molecule has 0 aromatic rings. The van der Waals surface area contributed by atoms with Gasteiger partial charge in [-0.15, -0.1) is 0 Å². The number of carboxylic acids is 1. The Morgan fingerprint density at radius 1 is 1.28 bits per heavy atom. The van der Waals surface area contributed by atoms with Crippen molar-refractivity contribution in [3.8, 4) is 0 Å². The van der Waals surface area contributed by atoms with Crippen LogP contribution in [-0.2, 0) is 14.3 Å². The van der Waals surface area contributed by atoms with Crippen LogP contribution < -0.4 is 10.6 Å². The zero-order chi connectivity index (χ0) is 13.2. The Balaban J connectivity index is 1.94. The van der Waals surface area contributed by atoms with Crippen molar-refractivity contribution < 1.29 is 19.4 Å². The highest BCUT2D eigenvalue weighted by Gasteiger charge is 2.14. The Hall–Kier alpha value is -1.14. The lowest BCUT2D eigenvalue weighted by atomic mass is 10.1. The number of hydrogen-bond donors (Lipinski definition) is 3. The lowest BCUT2D eigenvalue weighted by Gasteiger charge is -2.22. The Kier molecular flexibility index (Phi) is 7.36. The summed E-state index contributed by atoms with van der Waals surface area (Å²) >= 11 is 0. The van der Waals surface area contributed by atoms with Crippen LogP contribution in [-0.4, -0.2) is 49.3 Å². The molecule has 0 radical (unpaired) electrons. The van der Waals surface area contributed by atoms with Crippen LogP contribution in [0.4, 0.5) is 0 Å². The van der Waals surface area contributed by atoms with Gasteiger partial charge in [-0.1, -0.05) is 0 Å². The quantitative estimate of drug-likeness (QED) is 0.538. The maximum absolute atomic E-state index is 11.4. The fourth-order valence-corrected chi connectivity index (χ4v) is 1.84. The normalized spacial score (nSPS) is 16.4. The molecule has 3 N–H and O–H groups in total. The van der Waals surface area contributed by atoms with Gasteiger partial charge in [0.2, 0.25) is 5.91 Å². The number of ether oxygens (including phenoxy) is 1. The molecule has 1 aliphatic heterocycles. The van der Waals surface area contributed by atoms with E-state index in [1.807, 2.05) is 0 Å². The Bertz CT molecular complexity index is 265. The highest BCUT2D eigenvalue weighted by molar-refractivity contribution is 5.77. The van der Waals surface area contributed by atoms with Gasteiger partial charge in [-0.3, -0.25) is 9.59 Å². The second-order valence-electron chi connectivity index (χ2n) is 4.46. The number of amides is 1. The number of nitrogens with one attached hydrogen (secondary N) is 2. The third-order valence-electron chi connectivity index (χ3n) is 2.88. The van der Waals surface area contributed by atoms with Gasteiger partial charge in [0.25, 0.3) is 0 Å². The molecule has 6 nitrogen and oxygen atoms in total. The maximum atomic E-state index is 11.4. The highest BCUT2D eigenvalue weighted by Crippen LogP contribution is 2.06. The van der Waals surface area contributed by atoms with Gasteiger partial charge >= 0.3 is 5.97 Å². The molecule has 0 aromatic heterocycles. The third-order valence-corrected chi connectivity index (χ3v) is 2.88. The monoisotopic (exact) mass is 258 g/mol. The molecule has 1 saturated heterocycles. The van der Waals surface area contributed by atoms with E-state index < -0.39 is 5.97 Å². The number of carbonyl (C=O) groups excluding carboxylic acids is 1. The predicted molar refractivity (Wildman–Crippen MR) is 66.3 cm³/mol. The summed E-state index contributed by atoms with van der Waals surface area (Å²) in [6.07, 6.45) is 3.51. The average molecular weight is 258 g/mol. The van der Waals surface area contributed by atoms with E-state index in [0.29, 0.717) is 19.4 Å². The largest absolute Gasteiger partial charge is 0.481 e. The van der Waals surface area contributed by atoms with Crippen molar-refractivity contribution in [3.05, 3.63) is 0 Å². The van der Waals surface area contributed by atoms with Crippen LogP contribution in [0.25, 0.3) is 0 Å². The van der Waals surface area contributed by atoms with Gasteiger partial charge in [0.1, 0.15) is 6.61 Å². The summed E-state index contributed by atoms with van der Waals surface area (Å²) < 4.78 is 5.49. The van der Waals surface area contributed by atoms with E-state index in [-0.39, 0.29) is 25.0 Å². The molecule has 0 bridgehead atoms. The third kappa shape index (κ3) is 7.24. The number of carbonyl (C=O) groups is 2. The van der Waals surface area contributed by atoms with Gasteiger partial charge in [0, 0.05) is 13.0 Å². The molecule has 0 atom stereocenters. The lowest BCUT2D eigenvalue weighted by Crippen LogP contribution is -2.36. The van der Waals surface area contributed by atoms with Crippen LogP contribution in [0.5, 0.6) is 0 Å². The summed E-state index contributed by atoms with van der Waals surface area (Å²) in [7, 11) is 0. The molecule has 1 rings (SSSR count). The van der Waals surface area contributed by atoms with Crippen LogP contribution in [0.1, 0.15) is 32.1 Å². The van der Waals surface area contributed by atoms with Gasteiger partial charge in [-0.2, -0.15) is 0 Å². The van der Waals surface area contributed by atoms with E-state index in [0.717, 1.165) is 25.9 Å². The number of unbranched alkanes of at least 4 members (excludes halogenated alkanes) is 1. The smallest absolute Gasteiger partial charge is 0.303 e. The highest BCUT2D eigenvalue weighted by atomic mass is 16.5. The summed E-state index contributed by atoms with van der Waals surface area (Å²) in [5.74, 6) is -0.917. The number of piperidine rings is 1. The van der Waals surface area contributed by atoms with Crippen molar-refractivity contribution >= 4 is 11.9 Å². The van der Waals surface area contributed by atoms with Gasteiger partial charge < -0.3 is 20.5 Å². The first-order valence-electron chi connectivity index (χ1n) is 6.49. The van der Waals surface area contributed by atoms with Gasteiger partial charge in [-0.25, -0.2) is 0 Å². The molecule has 0 aliphatic carbocycles. The minimum absolute atomic E-state index is 0.101. The van der Waals surface area contributed by atoms with Crippen molar-refractivity contribution in [2.24, 2.45) is 0 Å². The summed E-state index contributed by atoms with van der Waals surface area (Å²) in [5, 5.41) is 14.4. The number of rotatable bonds is 8. The number of aliphatic carboxylic acids is 1. The van der Waals surface area contributed by atoms with E-state index in [1.54, 1.807) is 0 Å². The second-order valence-corrected chi connectivity index (χ2v) is 4.46. The van der Waals surface area contributed by atoms with E-state index in [4.69, 9.17) is 9.84 Å². The number of hydrogen-bond acceptors (Lipinski definition) is 4. The molecule has 0 saturated carbocycles. The van der Waals surface area contributed by atoms with E-state index >= 15 is 0 Å². The zero-order valence-corrected chi connectivity index (χ0v) is 10.6. The molecule has 1 heterocycles. The predicted octanol–water partition coefficient (Wildman–Crippen LogP) is 0.126. The van der Waals surface area contributed by atoms with Crippen molar-refractivity contribution in [3.63, 3.8) is 0 Å². The van der Waals surface area contributed by atoms with Crippen LogP contribution in [0, 0.1) is 0 Å². The minimum atomic E-state index is -0.796. The summed E-state index contributed by atoms with van der Waals surface area (Å²) in [6, 6.07) is 0. The summed E-state index contributed by atoms with van der Waals surface area (Å²) in [4.78, 5) is 21.7. The molecule has 6 heteroatoms. The van der Waals surface area contributed by atoms with E-state index in [1.165, 1.54) is 0 Å². The molecule has 1 aliphatic rings. The lowest BCUT2D eigenvalue weighted by molar-refractivity contribution is -0.137. The van der Waals surface area contributed by atoms with Crippen LogP contribution in [0.3, 0.4) is 0 Å². The maximum Gasteiger partial charge on any atom is 0.303 e. The first-order valence-corrected chi connectivity index (χ1v) is 6.49. The first kappa shape index (κ1) is 14.9. The SMILES string of the molecule is O=C(O)CCCCNC(=O)COC1CCNCC1. The van der Waals surface area contributed by atoms with Gasteiger partial charge in [0.15, 0.2) is 0 Å². The Morgan fingerprint density at radius 2 is 2.00 bits per heavy atom. The summed E-state index contributed by atoms with van der Waals surface area (Å²) in [6.45, 7) is 2.51. The zero-order valence-electron chi connectivity index (χ0n) is 10.6. The fraction of sp³-hybridized carbons (Fsp3) is 0.833. The molecule has 104 valence electrons. The van der Waals surface area contributed by atoms with Crippen molar-refractivity contribution in [2.45, 2.75) is 38.2 Å². The standard InChI is InChI=1S/C12H22N2O4/c15-11(14-6-2-1-3-12(16)17)9-18-10-4-7-13-8-5-10/h10,13H,1-9H2,(H,14,15)(H,16,17). The van der Waals surface area contributed by atoms with Crippen LogP contribution >= 0.6 is 0 Å². The van der Waals surface area contributed by atoms with E-state index in [2.05, 4.69) is 10.6 Å². The van der Waals surface area contributed by atoms with Crippen molar-refractivity contribution in [1.29, 1.82) is 0 Å². The van der Waals surface area contributed by atoms with Crippen molar-refractivity contribution in [1.82, 2.24) is 10.6 Å². The summed E-state index contributed by atoms with van der Waals surface area (Å²) in [5.41, 5.74) is 0. The first-order chi connectivity index (χ1) is 8.68. The minimum Gasteiger partial charge on any atom is -0.481 e. The Morgan fingerprint density at radius 3 is 2.67 bits per heavy atom. The average Bonchev–Trinajstić information content (AvgIpc) is 2.37. The van der Waals surface area contributed by atoms with E-state index in [9.17, 15) is 9.59 Å². The molecule has 0 spiro atoms. The molecular formula is C12H22N2O4. The van der Waals surface area contributed by atoms with Gasteiger partial charge in [-0.05, 0) is 38.8 Å². The molecule has 18 heavy (non-hydrogen) atoms. The molecule has 1 amide bonds. The second kappa shape index (κ2) is 8.88. The van der Waals surface area contributed by atoms with Crippen LogP contribution in [0.2, 0.25) is 0 Å².